The van der Waals surface area contributed by atoms with Crippen LogP contribution >= 0.6 is 15.9 Å². The third-order valence-corrected chi connectivity index (χ3v) is 2.99. The number of para-hydroxylation sites is 1. The molecule has 1 heterocycles. The Balaban J connectivity index is 2.27. The van der Waals surface area contributed by atoms with Crippen LogP contribution in [-0.2, 0) is 0 Å². The summed E-state index contributed by atoms with van der Waals surface area (Å²) < 4.78 is 0. The van der Waals surface area contributed by atoms with E-state index < -0.39 is 0 Å². The first kappa shape index (κ1) is 11.1. The van der Waals surface area contributed by atoms with Crippen LogP contribution in [0.4, 0.5) is 0 Å². The van der Waals surface area contributed by atoms with Crippen LogP contribution in [0.3, 0.4) is 0 Å². The van der Waals surface area contributed by atoms with Crippen LogP contribution in [0, 0.1) is 0 Å². The molecule has 0 aliphatic carbocycles. The van der Waals surface area contributed by atoms with Gasteiger partial charge in [-0.05, 0) is 25.1 Å². The summed E-state index contributed by atoms with van der Waals surface area (Å²) in [5.41, 5.74) is 3.07. The van der Waals surface area contributed by atoms with Crippen molar-refractivity contribution in [1.29, 1.82) is 0 Å². The molecular formula is C12H12BrN3. The van der Waals surface area contributed by atoms with Crippen molar-refractivity contribution >= 4 is 22.0 Å². The first-order chi connectivity index (χ1) is 7.79. The highest BCUT2D eigenvalue weighted by atomic mass is 79.9. The van der Waals surface area contributed by atoms with Gasteiger partial charge in [-0.25, -0.2) is 0 Å². The summed E-state index contributed by atoms with van der Waals surface area (Å²) in [6.45, 7) is 2.05. The van der Waals surface area contributed by atoms with Gasteiger partial charge in [0, 0.05) is 5.33 Å². The molecule has 0 unspecified atom stereocenters. The molecule has 4 heteroatoms. The molecule has 0 spiro atoms. The van der Waals surface area contributed by atoms with Crippen LogP contribution in [0.2, 0.25) is 0 Å². The van der Waals surface area contributed by atoms with Gasteiger partial charge in [-0.2, -0.15) is 9.90 Å². The van der Waals surface area contributed by atoms with E-state index in [0.29, 0.717) is 0 Å². The summed E-state index contributed by atoms with van der Waals surface area (Å²) in [7, 11) is 0. The molecule has 0 radical (unpaired) electrons. The Morgan fingerprint density at radius 3 is 2.81 bits per heavy atom. The largest absolute Gasteiger partial charge is 0.156 e. The molecule has 82 valence electrons. The second-order valence-electron chi connectivity index (χ2n) is 3.52. The number of allylic oxidation sites excluding steroid dienone is 1. The average molecular weight is 278 g/mol. The lowest BCUT2D eigenvalue weighted by Gasteiger charge is -1.96. The predicted octanol–water partition coefficient (Wildman–Crippen LogP) is 3.07. The van der Waals surface area contributed by atoms with E-state index in [1.165, 1.54) is 5.57 Å². The van der Waals surface area contributed by atoms with Crippen molar-refractivity contribution in [1.82, 2.24) is 15.0 Å². The summed E-state index contributed by atoms with van der Waals surface area (Å²) in [5, 5.41) is 9.45. The maximum absolute atomic E-state index is 4.38. The molecule has 3 nitrogen and oxygen atoms in total. The van der Waals surface area contributed by atoms with Crippen molar-refractivity contribution in [3.05, 3.63) is 47.8 Å². The molecule has 16 heavy (non-hydrogen) atoms. The minimum absolute atomic E-state index is 0.852. The van der Waals surface area contributed by atoms with E-state index in [1.54, 1.807) is 11.0 Å². The zero-order valence-corrected chi connectivity index (χ0v) is 10.6. The minimum Gasteiger partial charge on any atom is -0.156 e. The number of rotatable bonds is 3. The maximum Gasteiger partial charge on any atom is 0.106 e. The quantitative estimate of drug-likeness (QED) is 0.808. The standard InChI is InChI=1S/C12H12BrN3/c1-10(8-13)7-11-9-14-16(15-11)12-5-3-2-4-6-12/h2-7,9H,8H2,1H3. The Bertz CT molecular complexity index is 488. The fourth-order valence-corrected chi connectivity index (χ4v) is 1.48. The van der Waals surface area contributed by atoms with E-state index in [0.717, 1.165) is 16.7 Å². The van der Waals surface area contributed by atoms with Gasteiger partial charge in [0.15, 0.2) is 0 Å². The van der Waals surface area contributed by atoms with Gasteiger partial charge < -0.3 is 0 Å². The number of hydrogen-bond acceptors (Lipinski definition) is 2. The van der Waals surface area contributed by atoms with Crippen molar-refractivity contribution < 1.29 is 0 Å². The van der Waals surface area contributed by atoms with E-state index in [9.17, 15) is 0 Å². The zero-order chi connectivity index (χ0) is 11.4. The first-order valence-corrected chi connectivity index (χ1v) is 6.12. The van der Waals surface area contributed by atoms with E-state index in [2.05, 4.69) is 33.1 Å². The van der Waals surface area contributed by atoms with E-state index >= 15 is 0 Å². The second kappa shape index (κ2) is 5.07. The Morgan fingerprint density at radius 1 is 1.38 bits per heavy atom. The fourth-order valence-electron chi connectivity index (χ4n) is 1.32. The van der Waals surface area contributed by atoms with Crippen molar-refractivity contribution in [2.24, 2.45) is 0 Å². The smallest absolute Gasteiger partial charge is 0.106 e. The van der Waals surface area contributed by atoms with Crippen molar-refractivity contribution in [3.63, 3.8) is 0 Å². The average Bonchev–Trinajstić information content (AvgIpc) is 2.78. The molecule has 1 aromatic heterocycles. The van der Waals surface area contributed by atoms with Crippen LogP contribution in [0.1, 0.15) is 12.6 Å². The van der Waals surface area contributed by atoms with Crippen LogP contribution in [0.15, 0.2) is 42.1 Å². The highest BCUT2D eigenvalue weighted by Crippen LogP contribution is 2.08. The molecule has 0 aliphatic rings. The lowest BCUT2D eigenvalue weighted by atomic mass is 10.3. The molecule has 0 aliphatic heterocycles. The van der Waals surface area contributed by atoms with Crippen LogP contribution in [0.25, 0.3) is 11.8 Å². The van der Waals surface area contributed by atoms with Crippen molar-refractivity contribution in [2.75, 3.05) is 5.33 Å². The molecule has 2 rings (SSSR count). The summed E-state index contributed by atoms with van der Waals surface area (Å²) in [4.78, 5) is 1.63. The number of hydrogen-bond donors (Lipinski definition) is 0. The highest BCUT2D eigenvalue weighted by Gasteiger charge is 1.99. The van der Waals surface area contributed by atoms with E-state index in [1.807, 2.05) is 36.4 Å². The van der Waals surface area contributed by atoms with Gasteiger partial charge in [0.1, 0.15) is 5.69 Å². The molecule has 0 bridgehead atoms. The van der Waals surface area contributed by atoms with Gasteiger partial charge in [-0.1, -0.05) is 39.7 Å². The molecular weight excluding hydrogens is 266 g/mol. The van der Waals surface area contributed by atoms with E-state index in [-0.39, 0.29) is 0 Å². The molecule has 0 atom stereocenters. The first-order valence-electron chi connectivity index (χ1n) is 5.00. The lowest BCUT2D eigenvalue weighted by Crippen LogP contribution is -1.97. The molecule has 0 fully saturated rings. The Labute approximate surface area is 103 Å². The number of alkyl halides is 1. The SMILES string of the molecule is CC(=Cc1cnn(-c2ccccc2)n1)CBr. The molecule has 0 amide bonds. The maximum atomic E-state index is 4.38. The predicted molar refractivity (Wildman–Crippen MR) is 68.8 cm³/mol. The second-order valence-corrected chi connectivity index (χ2v) is 4.08. The normalized spacial score (nSPS) is 11.8. The topological polar surface area (TPSA) is 30.7 Å². The summed E-state index contributed by atoms with van der Waals surface area (Å²) in [6.07, 6.45) is 3.78. The number of nitrogens with zero attached hydrogens (tertiary/aromatic N) is 3. The number of aromatic nitrogens is 3. The number of benzene rings is 1. The zero-order valence-electron chi connectivity index (χ0n) is 8.97. The number of halogens is 1. The monoisotopic (exact) mass is 277 g/mol. The molecule has 0 saturated carbocycles. The Hall–Kier alpha value is -1.42. The van der Waals surface area contributed by atoms with Gasteiger partial charge >= 0.3 is 0 Å². The third kappa shape index (κ3) is 2.58. The lowest BCUT2D eigenvalue weighted by molar-refractivity contribution is 0.750. The summed E-state index contributed by atoms with van der Waals surface area (Å²) >= 11 is 3.40. The van der Waals surface area contributed by atoms with Crippen LogP contribution in [-0.4, -0.2) is 20.3 Å². The van der Waals surface area contributed by atoms with E-state index in [4.69, 9.17) is 0 Å². The highest BCUT2D eigenvalue weighted by molar-refractivity contribution is 9.09. The summed E-state index contributed by atoms with van der Waals surface area (Å²) in [6, 6.07) is 9.87. The molecule has 0 saturated heterocycles. The molecule has 0 N–H and O–H groups in total. The Kier molecular flexibility index (Phi) is 3.51. The van der Waals surface area contributed by atoms with Crippen LogP contribution < -0.4 is 0 Å². The van der Waals surface area contributed by atoms with Crippen molar-refractivity contribution in [2.45, 2.75) is 6.92 Å². The van der Waals surface area contributed by atoms with Crippen LogP contribution in [0.5, 0.6) is 0 Å². The van der Waals surface area contributed by atoms with Gasteiger partial charge in [0.05, 0.1) is 11.9 Å². The van der Waals surface area contributed by atoms with Gasteiger partial charge in [-0.15, -0.1) is 5.10 Å². The molecule has 1 aromatic carbocycles. The van der Waals surface area contributed by atoms with Gasteiger partial charge in [-0.3, -0.25) is 0 Å². The summed E-state index contributed by atoms with van der Waals surface area (Å²) in [5.74, 6) is 0. The van der Waals surface area contributed by atoms with Crippen molar-refractivity contribution in [3.8, 4) is 5.69 Å². The minimum atomic E-state index is 0.852. The Morgan fingerprint density at radius 2 is 2.12 bits per heavy atom. The van der Waals surface area contributed by atoms with Gasteiger partial charge in [0.2, 0.25) is 0 Å². The van der Waals surface area contributed by atoms with Gasteiger partial charge in [0.25, 0.3) is 0 Å². The molecule has 2 aromatic rings. The third-order valence-electron chi connectivity index (χ3n) is 2.10. The fraction of sp³-hybridized carbons (Fsp3) is 0.167.